The lowest BCUT2D eigenvalue weighted by Crippen LogP contribution is -2.36. The third-order valence-electron chi connectivity index (χ3n) is 5.64. The van der Waals surface area contributed by atoms with E-state index in [0.717, 1.165) is 29.7 Å². The van der Waals surface area contributed by atoms with Gasteiger partial charge in [-0.1, -0.05) is 12.1 Å². The Bertz CT molecular complexity index is 1320. The number of aromatic nitrogens is 2. The number of nitrogen functional groups attached to an aromatic ring is 1. The van der Waals surface area contributed by atoms with E-state index in [1.807, 2.05) is 42.5 Å². The van der Waals surface area contributed by atoms with Crippen LogP contribution < -0.4 is 16.0 Å². The Morgan fingerprint density at radius 1 is 1.00 bits per heavy atom. The van der Waals surface area contributed by atoms with Crippen LogP contribution in [0.4, 0.5) is 21.7 Å². The highest BCUT2D eigenvalue weighted by molar-refractivity contribution is 6.05. The number of carbonyl (C=O) groups is 1. The number of hydrogen-bond acceptors (Lipinski definition) is 6. The van der Waals surface area contributed by atoms with Crippen molar-refractivity contribution in [1.82, 2.24) is 9.97 Å². The van der Waals surface area contributed by atoms with Gasteiger partial charge in [0, 0.05) is 36.0 Å². The molecule has 33 heavy (non-hydrogen) atoms. The molecular weight excluding hydrogens is 421 g/mol. The second kappa shape index (κ2) is 8.84. The van der Waals surface area contributed by atoms with E-state index in [1.165, 1.54) is 6.07 Å². The highest BCUT2D eigenvalue weighted by Crippen LogP contribution is 2.26. The maximum atomic E-state index is 14.5. The van der Waals surface area contributed by atoms with Gasteiger partial charge in [0.05, 0.1) is 24.3 Å². The van der Waals surface area contributed by atoms with Crippen molar-refractivity contribution < 1.29 is 13.9 Å². The first kappa shape index (κ1) is 20.8. The van der Waals surface area contributed by atoms with Crippen molar-refractivity contribution in [2.75, 3.05) is 42.3 Å². The molecule has 3 aromatic carbocycles. The number of nitrogens with zero attached hydrogens (tertiary/aromatic N) is 3. The van der Waals surface area contributed by atoms with E-state index in [4.69, 9.17) is 10.5 Å². The molecule has 0 spiro atoms. The molecule has 0 radical (unpaired) electrons. The summed E-state index contributed by atoms with van der Waals surface area (Å²) in [5.74, 6) is -0.891. The average molecular weight is 443 g/mol. The van der Waals surface area contributed by atoms with Gasteiger partial charge in [-0.15, -0.1) is 0 Å². The van der Waals surface area contributed by atoms with Crippen molar-refractivity contribution in [2.45, 2.75) is 0 Å². The molecule has 0 saturated carbocycles. The van der Waals surface area contributed by atoms with Gasteiger partial charge in [-0.3, -0.25) is 4.79 Å². The minimum Gasteiger partial charge on any atom is -0.378 e. The lowest BCUT2D eigenvalue weighted by molar-refractivity contribution is 0.102. The summed E-state index contributed by atoms with van der Waals surface area (Å²) in [6, 6.07) is 17.6. The first-order valence-electron chi connectivity index (χ1n) is 10.6. The zero-order valence-corrected chi connectivity index (χ0v) is 17.8. The van der Waals surface area contributed by atoms with Gasteiger partial charge in [-0.25, -0.2) is 14.4 Å². The number of fused-ring (bicyclic) bond motifs is 1. The van der Waals surface area contributed by atoms with Crippen LogP contribution in [0.3, 0.4) is 0 Å². The summed E-state index contributed by atoms with van der Waals surface area (Å²) in [6.07, 6.45) is 1.64. The Balaban J connectivity index is 1.36. The van der Waals surface area contributed by atoms with Gasteiger partial charge >= 0.3 is 0 Å². The van der Waals surface area contributed by atoms with Crippen molar-refractivity contribution in [3.05, 3.63) is 78.2 Å². The quantitative estimate of drug-likeness (QED) is 0.493. The maximum Gasteiger partial charge on any atom is 0.258 e. The van der Waals surface area contributed by atoms with Gasteiger partial charge in [0.25, 0.3) is 5.91 Å². The predicted octanol–water partition coefficient (Wildman–Crippen LogP) is 4.11. The number of halogens is 1. The first-order valence-corrected chi connectivity index (χ1v) is 10.6. The monoisotopic (exact) mass is 443 g/mol. The smallest absolute Gasteiger partial charge is 0.258 e. The van der Waals surface area contributed by atoms with E-state index in [9.17, 15) is 9.18 Å². The summed E-state index contributed by atoms with van der Waals surface area (Å²) in [5, 5.41) is 3.59. The number of ether oxygens (including phenoxy) is 1. The Morgan fingerprint density at radius 3 is 2.52 bits per heavy atom. The highest BCUT2D eigenvalue weighted by Gasteiger charge is 2.15. The van der Waals surface area contributed by atoms with Gasteiger partial charge < -0.3 is 20.7 Å². The summed E-state index contributed by atoms with van der Waals surface area (Å²) in [6.45, 7) is 3.06. The minimum atomic E-state index is -0.585. The Morgan fingerprint density at radius 2 is 1.73 bits per heavy atom. The third-order valence-corrected chi connectivity index (χ3v) is 5.64. The summed E-state index contributed by atoms with van der Waals surface area (Å²) >= 11 is 0. The van der Waals surface area contributed by atoms with Crippen molar-refractivity contribution >= 4 is 34.1 Å². The third kappa shape index (κ3) is 4.47. The molecule has 0 unspecified atom stereocenters. The standard InChI is InChI=1S/C25H22FN5O2/c26-22-7-1-17(16-2-8-23-18(13-16)15-28-25(27)30-23)14-21(22)24(32)29-19-3-5-20(6-4-19)31-9-11-33-12-10-31/h1-8,13-15H,9-12H2,(H,29,32)(H2,27,28,30). The molecule has 8 heteroatoms. The van der Waals surface area contributed by atoms with Crippen LogP contribution in [0.25, 0.3) is 22.0 Å². The number of nitrogens with one attached hydrogen (secondary N) is 1. The molecule has 0 atom stereocenters. The number of morpholine rings is 1. The van der Waals surface area contributed by atoms with Crippen molar-refractivity contribution in [1.29, 1.82) is 0 Å². The summed E-state index contributed by atoms with van der Waals surface area (Å²) in [5.41, 5.74) is 9.51. The van der Waals surface area contributed by atoms with Crippen LogP contribution >= 0.6 is 0 Å². The zero-order chi connectivity index (χ0) is 22.8. The molecule has 1 aromatic heterocycles. The van der Waals surface area contributed by atoms with Gasteiger partial charge in [0.1, 0.15) is 5.82 Å². The lowest BCUT2D eigenvalue weighted by atomic mass is 10.0. The number of rotatable bonds is 4. The first-order chi connectivity index (χ1) is 16.1. The van der Waals surface area contributed by atoms with E-state index in [1.54, 1.807) is 18.3 Å². The van der Waals surface area contributed by atoms with Gasteiger partial charge in [0.2, 0.25) is 5.95 Å². The van der Waals surface area contributed by atoms with Crippen LogP contribution in [0.1, 0.15) is 10.4 Å². The molecule has 5 rings (SSSR count). The molecule has 4 aromatic rings. The zero-order valence-electron chi connectivity index (χ0n) is 17.8. The number of anilines is 3. The topological polar surface area (TPSA) is 93.4 Å². The lowest BCUT2D eigenvalue weighted by Gasteiger charge is -2.28. The van der Waals surface area contributed by atoms with Crippen molar-refractivity contribution in [3.63, 3.8) is 0 Å². The highest BCUT2D eigenvalue weighted by atomic mass is 19.1. The van der Waals surface area contributed by atoms with E-state index >= 15 is 0 Å². The predicted molar refractivity (Wildman–Crippen MR) is 127 cm³/mol. The molecule has 1 aliphatic rings. The molecule has 166 valence electrons. The Kier molecular flexibility index (Phi) is 5.58. The molecule has 1 amide bonds. The van der Waals surface area contributed by atoms with Crippen LogP contribution in [0, 0.1) is 5.82 Å². The van der Waals surface area contributed by atoms with E-state index in [-0.39, 0.29) is 11.5 Å². The van der Waals surface area contributed by atoms with Crippen molar-refractivity contribution in [3.8, 4) is 11.1 Å². The average Bonchev–Trinajstić information content (AvgIpc) is 2.85. The summed E-state index contributed by atoms with van der Waals surface area (Å²) in [4.78, 5) is 23.3. The fraction of sp³-hybridized carbons (Fsp3) is 0.160. The number of hydrogen-bond donors (Lipinski definition) is 2. The molecule has 3 N–H and O–H groups in total. The van der Waals surface area contributed by atoms with Crippen LogP contribution in [-0.4, -0.2) is 42.2 Å². The second-order valence-electron chi connectivity index (χ2n) is 7.80. The fourth-order valence-corrected chi connectivity index (χ4v) is 3.88. The molecule has 1 fully saturated rings. The van der Waals surface area contributed by atoms with Crippen LogP contribution in [0.15, 0.2) is 66.9 Å². The van der Waals surface area contributed by atoms with Crippen LogP contribution in [0.5, 0.6) is 0 Å². The summed E-state index contributed by atoms with van der Waals surface area (Å²) < 4.78 is 19.9. The van der Waals surface area contributed by atoms with Crippen LogP contribution in [0.2, 0.25) is 0 Å². The number of benzene rings is 3. The summed E-state index contributed by atoms with van der Waals surface area (Å²) in [7, 11) is 0. The number of carbonyl (C=O) groups excluding carboxylic acids is 1. The molecule has 0 aliphatic carbocycles. The SMILES string of the molecule is Nc1ncc2cc(-c3ccc(F)c(C(=O)Nc4ccc(N5CCOCC5)cc4)c3)ccc2n1. The fourth-order valence-electron chi connectivity index (χ4n) is 3.88. The van der Waals surface area contributed by atoms with Gasteiger partial charge in [-0.2, -0.15) is 0 Å². The minimum absolute atomic E-state index is 0.0293. The number of amides is 1. The van der Waals surface area contributed by atoms with Crippen molar-refractivity contribution in [2.24, 2.45) is 0 Å². The normalized spacial score (nSPS) is 13.8. The molecule has 0 bridgehead atoms. The maximum absolute atomic E-state index is 14.5. The molecule has 7 nitrogen and oxygen atoms in total. The molecular formula is C25H22FN5O2. The largest absolute Gasteiger partial charge is 0.378 e. The number of nitrogens with two attached hydrogens (primary N) is 1. The van der Waals surface area contributed by atoms with Gasteiger partial charge in [0.15, 0.2) is 0 Å². The van der Waals surface area contributed by atoms with E-state index in [2.05, 4.69) is 20.2 Å². The van der Waals surface area contributed by atoms with E-state index < -0.39 is 11.7 Å². The second-order valence-corrected chi connectivity index (χ2v) is 7.80. The Labute approximate surface area is 190 Å². The molecule has 1 saturated heterocycles. The van der Waals surface area contributed by atoms with Gasteiger partial charge in [-0.05, 0) is 59.7 Å². The van der Waals surface area contributed by atoms with Crippen LogP contribution in [-0.2, 0) is 4.74 Å². The Hall–Kier alpha value is -4.04. The van der Waals surface area contributed by atoms with E-state index in [0.29, 0.717) is 30.0 Å². The molecule has 1 aliphatic heterocycles. The molecule has 2 heterocycles.